The number of aliphatic carboxylic acids is 2. The summed E-state index contributed by atoms with van der Waals surface area (Å²) in [5, 5.41) is 16.8. The van der Waals surface area contributed by atoms with E-state index in [4.69, 9.17) is 10.2 Å². The van der Waals surface area contributed by atoms with Crippen LogP contribution in [0.5, 0.6) is 0 Å². The van der Waals surface area contributed by atoms with Gasteiger partial charge >= 0.3 is 11.9 Å². The molecule has 0 aromatic heterocycles. The van der Waals surface area contributed by atoms with Crippen molar-refractivity contribution in [1.29, 1.82) is 0 Å². The number of hydrogen-bond acceptors (Lipinski definition) is 4. The fourth-order valence-electron chi connectivity index (χ4n) is 0.907. The van der Waals surface area contributed by atoms with Gasteiger partial charge in [0.05, 0.1) is 19.4 Å². The van der Waals surface area contributed by atoms with Crippen molar-refractivity contribution in [3.63, 3.8) is 0 Å². The maximum atomic E-state index is 10.2. The number of carboxylic acid groups (broad SMARTS) is 2. The Hall–Kier alpha value is -1.43. The van der Waals surface area contributed by atoms with Crippen LogP contribution >= 0.6 is 0 Å². The zero-order valence-corrected chi connectivity index (χ0v) is 7.68. The van der Waals surface area contributed by atoms with Crippen molar-refractivity contribution < 1.29 is 24.6 Å². The van der Waals surface area contributed by atoms with E-state index in [2.05, 4.69) is 0 Å². The van der Waals surface area contributed by atoms with Gasteiger partial charge in [0, 0.05) is 13.1 Å². The van der Waals surface area contributed by atoms with Gasteiger partial charge in [0.2, 0.25) is 0 Å². The van der Waals surface area contributed by atoms with Gasteiger partial charge in [-0.2, -0.15) is 0 Å². The van der Waals surface area contributed by atoms with Gasteiger partial charge in [-0.3, -0.25) is 14.5 Å². The molecule has 0 rings (SSSR count). The molecule has 6 nitrogen and oxygen atoms in total. The Kier molecular flexibility index (Phi) is 6.30. The van der Waals surface area contributed by atoms with Gasteiger partial charge < -0.3 is 15.0 Å². The summed E-state index contributed by atoms with van der Waals surface area (Å²) in [7, 11) is 0. The van der Waals surface area contributed by atoms with Gasteiger partial charge in [0.25, 0.3) is 0 Å². The van der Waals surface area contributed by atoms with Crippen LogP contribution in [0.3, 0.4) is 0 Å². The number of carbonyl (C=O) groups is 3. The molecule has 0 aromatic rings. The lowest BCUT2D eigenvalue weighted by atomic mass is 10.3. The van der Waals surface area contributed by atoms with Gasteiger partial charge in [0.15, 0.2) is 0 Å². The largest absolute Gasteiger partial charge is 0.481 e. The molecule has 14 heavy (non-hydrogen) atoms. The minimum Gasteiger partial charge on any atom is -0.481 e. The van der Waals surface area contributed by atoms with E-state index in [-0.39, 0.29) is 32.5 Å². The first-order chi connectivity index (χ1) is 6.56. The van der Waals surface area contributed by atoms with Crippen molar-refractivity contribution >= 4 is 18.2 Å². The highest BCUT2D eigenvalue weighted by Crippen LogP contribution is 1.93. The molecule has 0 aliphatic carbocycles. The molecule has 6 heteroatoms. The summed E-state index contributed by atoms with van der Waals surface area (Å²) in [5.41, 5.74) is 0. The summed E-state index contributed by atoms with van der Waals surface area (Å²) in [4.78, 5) is 32.1. The second-order valence-corrected chi connectivity index (χ2v) is 2.75. The molecule has 0 aliphatic rings. The average molecular weight is 203 g/mol. The number of carbonyl (C=O) groups excluding carboxylic acids is 1. The lowest BCUT2D eigenvalue weighted by Gasteiger charge is -2.16. The molecule has 0 heterocycles. The third-order valence-electron chi connectivity index (χ3n) is 1.62. The van der Waals surface area contributed by atoms with Gasteiger partial charge in [-0.25, -0.2) is 0 Å². The highest BCUT2D eigenvalue weighted by Gasteiger charge is 2.08. The van der Waals surface area contributed by atoms with E-state index in [9.17, 15) is 14.4 Å². The van der Waals surface area contributed by atoms with Crippen LogP contribution < -0.4 is 0 Å². The van der Waals surface area contributed by atoms with Crippen LogP contribution in [-0.2, 0) is 14.4 Å². The quantitative estimate of drug-likeness (QED) is 0.513. The molecule has 0 fully saturated rings. The number of carboxylic acids is 2. The minimum absolute atomic E-state index is 0.0700. The lowest BCUT2D eigenvalue weighted by Crippen LogP contribution is -2.30. The van der Waals surface area contributed by atoms with E-state index in [0.29, 0.717) is 6.29 Å². The zero-order valence-electron chi connectivity index (χ0n) is 7.68. The van der Waals surface area contributed by atoms with Crippen LogP contribution in [0, 0.1) is 0 Å². The molecule has 0 radical (unpaired) electrons. The molecule has 0 bridgehead atoms. The molecular weight excluding hydrogens is 190 g/mol. The normalized spacial score (nSPS) is 10.1. The molecule has 0 unspecified atom stereocenters. The average Bonchev–Trinajstić information content (AvgIpc) is 2.09. The zero-order chi connectivity index (χ0) is 11.0. The van der Waals surface area contributed by atoms with Crippen molar-refractivity contribution in [1.82, 2.24) is 4.90 Å². The summed E-state index contributed by atoms with van der Waals surface area (Å²) in [5.74, 6) is -1.92. The Morgan fingerprint density at radius 1 is 1.07 bits per heavy atom. The third kappa shape index (κ3) is 7.23. The van der Waals surface area contributed by atoms with Crippen molar-refractivity contribution in [2.75, 3.05) is 19.6 Å². The molecule has 0 spiro atoms. The van der Waals surface area contributed by atoms with Crippen LogP contribution in [0.25, 0.3) is 0 Å². The summed E-state index contributed by atoms with van der Waals surface area (Å²) >= 11 is 0. The van der Waals surface area contributed by atoms with Crippen LogP contribution in [0.4, 0.5) is 0 Å². The van der Waals surface area contributed by atoms with E-state index in [1.54, 1.807) is 0 Å². The highest BCUT2D eigenvalue weighted by atomic mass is 16.4. The van der Waals surface area contributed by atoms with Crippen molar-refractivity contribution in [3.05, 3.63) is 0 Å². The van der Waals surface area contributed by atoms with E-state index in [1.165, 1.54) is 4.90 Å². The minimum atomic E-state index is -0.962. The first-order valence-corrected chi connectivity index (χ1v) is 4.16. The topological polar surface area (TPSA) is 94.9 Å². The Bertz CT molecular complexity index is 198. The second-order valence-electron chi connectivity index (χ2n) is 2.75. The predicted octanol–water partition coefficient (Wildman–Crippen LogP) is -0.563. The van der Waals surface area contributed by atoms with Crippen LogP contribution in [0.2, 0.25) is 0 Å². The first-order valence-electron chi connectivity index (χ1n) is 4.16. The Morgan fingerprint density at radius 3 is 1.79 bits per heavy atom. The fourth-order valence-corrected chi connectivity index (χ4v) is 0.907. The smallest absolute Gasteiger partial charge is 0.304 e. The van der Waals surface area contributed by atoms with Gasteiger partial charge in [-0.05, 0) is 0 Å². The van der Waals surface area contributed by atoms with Gasteiger partial charge in [-0.15, -0.1) is 0 Å². The Morgan fingerprint density at radius 2 is 1.50 bits per heavy atom. The summed E-state index contributed by atoms with van der Waals surface area (Å²) in [6, 6.07) is 0. The molecular formula is C8H13NO5. The molecule has 2 N–H and O–H groups in total. The second kappa shape index (κ2) is 7.02. The molecule has 0 aliphatic heterocycles. The van der Waals surface area contributed by atoms with Crippen LogP contribution in [0.15, 0.2) is 0 Å². The van der Waals surface area contributed by atoms with Gasteiger partial charge in [0.1, 0.15) is 6.29 Å². The van der Waals surface area contributed by atoms with E-state index in [0.717, 1.165) is 0 Å². The summed E-state index contributed by atoms with van der Waals surface area (Å²) in [6.07, 6.45) is 0.449. The van der Waals surface area contributed by atoms with E-state index >= 15 is 0 Å². The fraction of sp³-hybridized carbons (Fsp3) is 0.625. The van der Waals surface area contributed by atoms with Crippen molar-refractivity contribution in [2.45, 2.75) is 12.8 Å². The Balaban J connectivity index is 3.81. The van der Waals surface area contributed by atoms with Crippen molar-refractivity contribution in [3.8, 4) is 0 Å². The standard InChI is InChI=1S/C8H13NO5/c10-6-5-9(3-1-7(11)12)4-2-8(13)14/h6H,1-5H2,(H,11,12)(H,13,14). The van der Waals surface area contributed by atoms with E-state index < -0.39 is 11.9 Å². The SMILES string of the molecule is O=CCN(CCC(=O)O)CCC(=O)O. The number of nitrogens with zero attached hydrogens (tertiary/aromatic N) is 1. The molecule has 0 amide bonds. The number of rotatable bonds is 8. The number of hydrogen-bond donors (Lipinski definition) is 2. The Labute approximate surface area is 81.1 Å². The molecule has 0 aromatic carbocycles. The first kappa shape index (κ1) is 12.6. The molecule has 0 saturated carbocycles. The summed E-state index contributed by atoms with van der Waals surface area (Å²) in [6.45, 7) is 0.462. The van der Waals surface area contributed by atoms with Gasteiger partial charge in [-0.1, -0.05) is 0 Å². The van der Waals surface area contributed by atoms with E-state index in [1.807, 2.05) is 0 Å². The molecule has 80 valence electrons. The monoisotopic (exact) mass is 203 g/mol. The van der Waals surface area contributed by atoms with Crippen LogP contribution in [-0.4, -0.2) is 53.0 Å². The van der Waals surface area contributed by atoms with Crippen LogP contribution in [0.1, 0.15) is 12.8 Å². The molecule has 0 saturated heterocycles. The van der Waals surface area contributed by atoms with Crippen molar-refractivity contribution in [2.24, 2.45) is 0 Å². The molecule has 0 atom stereocenters. The lowest BCUT2D eigenvalue weighted by molar-refractivity contribution is -0.137. The highest BCUT2D eigenvalue weighted by molar-refractivity contribution is 5.67. The maximum absolute atomic E-state index is 10.2. The third-order valence-corrected chi connectivity index (χ3v) is 1.62. The summed E-state index contributed by atoms with van der Waals surface area (Å²) < 4.78 is 0. The maximum Gasteiger partial charge on any atom is 0.304 e. The number of aldehydes is 1. The predicted molar refractivity (Wildman–Crippen MR) is 47.0 cm³/mol.